The maximum atomic E-state index is 12.4. The quantitative estimate of drug-likeness (QED) is 0.819. The molecule has 2 atom stereocenters. The van der Waals surface area contributed by atoms with E-state index in [1.807, 2.05) is 0 Å². The molecule has 20 heavy (non-hydrogen) atoms. The van der Waals surface area contributed by atoms with E-state index in [1.54, 1.807) is 4.90 Å². The van der Waals surface area contributed by atoms with Gasteiger partial charge in [0.1, 0.15) is 6.04 Å². The lowest BCUT2D eigenvalue weighted by Gasteiger charge is -2.38. The molecule has 0 aromatic carbocycles. The van der Waals surface area contributed by atoms with Gasteiger partial charge in [0.2, 0.25) is 5.91 Å². The van der Waals surface area contributed by atoms with E-state index in [-0.39, 0.29) is 5.91 Å². The van der Waals surface area contributed by atoms with Gasteiger partial charge < -0.3 is 15.3 Å². The minimum absolute atomic E-state index is 0.0406. The maximum Gasteiger partial charge on any atom is 0.326 e. The summed E-state index contributed by atoms with van der Waals surface area (Å²) in [6, 6.07) is -0.608. The highest BCUT2D eigenvalue weighted by atomic mass is 16.4. The van der Waals surface area contributed by atoms with Crippen LogP contribution >= 0.6 is 0 Å². The Labute approximate surface area is 120 Å². The number of hydrogen-bond donors (Lipinski definition) is 2. The molecule has 0 bridgehead atoms. The van der Waals surface area contributed by atoms with Gasteiger partial charge in [-0.2, -0.15) is 0 Å². The van der Waals surface area contributed by atoms with Gasteiger partial charge in [-0.3, -0.25) is 4.79 Å². The molecule has 0 spiro atoms. The number of likely N-dealkylation sites (tertiary alicyclic amines) is 1. The van der Waals surface area contributed by atoms with E-state index in [9.17, 15) is 14.7 Å². The van der Waals surface area contributed by atoms with Gasteiger partial charge in [-0.1, -0.05) is 13.3 Å². The normalized spacial score (nSPS) is 28.4. The van der Waals surface area contributed by atoms with Crippen LogP contribution in [-0.4, -0.2) is 47.6 Å². The molecule has 0 radical (unpaired) electrons. The van der Waals surface area contributed by atoms with Crippen LogP contribution in [0.5, 0.6) is 0 Å². The molecule has 0 aliphatic carbocycles. The first-order valence-electron chi connectivity index (χ1n) is 7.84. The second kappa shape index (κ2) is 7.07. The van der Waals surface area contributed by atoms with Crippen molar-refractivity contribution in [1.82, 2.24) is 10.2 Å². The van der Waals surface area contributed by atoms with Crippen molar-refractivity contribution in [2.75, 3.05) is 19.6 Å². The summed E-state index contributed by atoms with van der Waals surface area (Å²) in [7, 11) is 0. The Morgan fingerprint density at radius 2 is 1.90 bits per heavy atom. The largest absolute Gasteiger partial charge is 0.480 e. The number of nitrogens with one attached hydrogen (secondary N) is 1. The SMILES string of the molecule is CCC1CCN(C(=O)CC2CCNCC2)C(C(=O)O)C1. The fraction of sp³-hybridized carbons (Fsp3) is 0.867. The fourth-order valence-electron chi connectivity index (χ4n) is 3.39. The number of aliphatic carboxylic acids is 1. The molecule has 2 saturated heterocycles. The molecule has 114 valence electrons. The molecule has 0 aromatic heterocycles. The Hall–Kier alpha value is -1.10. The van der Waals surface area contributed by atoms with Gasteiger partial charge in [-0.25, -0.2) is 4.79 Å². The van der Waals surface area contributed by atoms with E-state index < -0.39 is 12.0 Å². The third-order valence-electron chi connectivity index (χ3n) is 4.82. The summed E-state index contributed by atoms with van der Waals surface area (Å²) in [5.74, 6) is 0.0572. The summed E-state index contributed by atoms with van der Waals surface area (Å²) in [6.07, 6.45) is 5.12. The molecule has 0 saturated carbocycles. The zero-order valence-corrected chi connectivity index (χ0v) is 12.3. The van der Waals surface area contributed by atoms with Crippen LogP contribution < -0.4 is 5.32 Å². The van der Waals surface area contributed by atoms with Crippen molar-refractivity contribution in [1.29, 1.82) is 0 Å². The number of carboxylic acids is 1. The minimum Gasteiger partial charge on any atom is -0.480 e. The molecule has 0 aromatic rings. The van der Waals surface area contributed by atoms with Crippen molar-refractivity contribution in [3.8, 4) is 0 Å². The van der Waals surface area contributed by atoms with Crippen LogP contribution in [0.2, 0.25) is 0 Å². The third-order valence-corrected chi connectivity index (χ3v) is 4.82. The van der Waals surface area contributed by atoms with E-state index in [1.165, 1.54) is 0 Å². The van der Waals surface area contributed by atoms with E-state index in [4.69, 9.17) is 0 Å². The molecule has 5 heteroatoms. The van der Waals surface area contributed by atoms with E-state index in [0.717, 1.165) is 38.8 Å². The second-order valence-corrected chi connectivity index (χ2v) is 6.14. The lowest BCUT2D eigenvalue weighted by molar-refractivity contribution is -0.153. The topological polar surface area (TPSA) is 69.6 Å². The predicted molar refractivity (Wildman–Crippen MR) is 76.4 cm³/mol. The smallest absolute Gasteiger partial charge is 0.326 e. The summed E-state index contributed by atoms with van der Waals surface area (Å²) in [4.78, 5) is 25.5. The van der Waals surface area contributed by atoms with Crippen molar-refractivity contribution < 1.29 is 14.7 Å². The average molecular weight is 282 g/mol. The number of nitrogens with zero attached hydrogens (tertiary/aromatic N) is 1. The number of hydrogen-bond acceptors (Lipinski definition) is 3. The van der Waals surface area contributed by atoms with Gasteiger partial charge >= 0.3 is 5.97 Å². The highest BCUT2D eigenvalue weighted by molar-refractivity contribution is 5.84. The zero-order valence-electron chi connectivity index (χ0n) is 12.3. The average Bonchev–Trinajstić information content (AvgIpc) is 2.47. The van der Waals surface area contributed by atoms with Crippen LogP contribution in [0.4, 0.5) is 0 Å². The number of carboxylic acid groups (broad SMARTS) is 1. The van der Waals surface area contributed by atoms with Crippen LogP contribution in [0.25, 0.3) is 0 Å². The van der Waals surface area contributed by atoms with Gasteiger partial charge in [0.25, 0.3) is 0 Å². The number of rotatable bonds is 4. The Balaban J connectivity index is 1.94. The van der Waals surface area contributed by atoms with E-state index >= 15 is 0 Å². The Morgan fingerprint density at radius 1 is 1.20 bits per heavy atom. The van der Waals surface area contributed by atoms with Crippen LogP contribution in [0.15, 0.2) is 0 Å². The van der Waals surface area contributed by atoms with Crippen molar-refractivity contribution in [3.05, 3.63) is 0 Å². The van der Waals surface area contributed by atoms with Crippen molar-refractivity contribution in [2.45, 2.75) is 51.5 Å². The number of piperidine rings is 2. The van der Waals surface area contributed by atoms with E-state index in [2.05, 4.69) is 12.2 Å². The molecule has 2 unspecified atom stereocenters. The highest BCUT2D eigenvalue weighted by Gasteiger charge is 2.36. The van der Waals surface area contributed by atoms with Crippen molar-refractivity contribution in [3.63, 3.8) is 0 Å². The van der Waals surface area contributed by atoms with Gasteiger partial charge in [0, 0.05) is 13.0 Å². The summed E-state index contributed by atoms with van der Waals surface area (Å²) < 4.78 is 0. The van der Waals surface area contributed by atoms with Gasteiger partial charge in [-0.05, 0) is 50.6 Å². The third kappa shape index (κ3) is 3.72. The molecule has 2 fully saturated rings. The van der Waals surface area contributed by atoms with Crippen LogP contribution in [0.1, 0.15) is 45.4 Å². The summed E-state index contributed by atoms with van der Waals surface area (Å²) in [5, 5.41) is 12.7. The van der Waals surface area contributed by atoms with Gasteiger partial charge in [0.15, 0.2) is 0 Å². The Bertz CT molecular complexity index is 353. The van der Waals surface area contributed by atoms with Crippen molar-refractivity contribution >= 4 is 11.9 Å². The molecule has 1 amide bonds. The molecule has 2 aliphatic rings. The lowest BCUT2D eigenvalue weighted by Crippen LogP contribution is -2.50. The number of amides is 1. The molecule has 5 nitrogen and oxygen atoms in total. The fourth-order valence-corrected chi connectivity index (χ4v) is 3.39. The highest BCUT2D eigenvalue weighted by Crippen LogP contribution is 2.27. The molecule has 2 heterocycles. The molecule has 2 aliphatic heterocycles. The number of carbonyl (C=O) groups excluding carboxylic acids is 1. The first kappa shape index (κ1) is 15.3. The predicted octanol–water partition coefficient (Wildman–Crippen LogP) is 1.48. The molecule has 2 rings (SSSR count). The van der Waals surface area contributed by atoms with Crippen molar-refractivity contribution in [2.24, 2.45) is 11.8 Å². The maximum absolute atomic E-state index is 12.4. The Morgan fingerprint density at radius 3 is 2.50 bits per heavy atom. The van der Waals surface area contributed by atoms with Crippen LogP contribution in [0, 0.1) is 11.8 Å². The standard InChI is InChI=1S/C15H26N2O3/c1-2-11-5-8-17(13(9-11)15(19)20)14(18)10-12-3-6-16-7-4-12/h11-13,16H,2-10H2,1H3,(H,19,20). The van der Waals surface area contributed by atoms with Gasteiger partial charge in [0.05, 0.1) is 0 Å². The van der Waals surface area contributed by atoms with Gasteiger partial charge in [-0.15, -0.1) is 0 Å². The molecular formula is C15H26N2O3. The number of carbonyl (C=O) groups is 2. The van der Waals surface area contributed by atoms with Crippen LogP contribution in [0.3, 0.4) is 0 Å². The zero-order chi connectivity index (χ0) is 14.5. The Kier molecular flexibility index (Phi) is 5.40. The molecule has 2 N–H and O–H groups in total. The first-order valence-corrected chi connectivity index (χ1v) is 7.84. The summed E-state index contributed by atoms with van der Waals surface area (Å²) in [6.45, 7) is 4.64. The molecular weight excluding hydrogens is 256 g/mol. The monoisotopic (exact) mass is 282 g/mol. The summed E-state index contributed by atoms with van der Waals surface area (Å²) >= 11 is 0. The first-order chi connectivity index (χ1) is 9.61. The minimum atomic E-state index is -0.846. The van der Waals surface area contributed by atoms with E-state index in [0.29, 0.717) is 31.2 Å². The van der Waals surface area contributed by atoms with Crippen LogP contribution in [-0.2, 0) is 9.59 Å². The second-order valence-electron chi connectivity index (χ2n) is 6.14. The lowest BCUT2D eigenvalue weighted by atomic mass is 9.87. The summed E-state index contributed by atoms with van der Waals surface area (Å²) in [5.41, 5.74) is 0.